The van der Waals surface area contributed by atoms with E-state index in [0.29, 0.717) is 12.5 Å². The van der Waals surface area contributed by atoms with Gasteiger partial charge in [-0.15, -0.1) is 11.8 Å². The number of hydrogen-bond acceptors (Lipinski definition) is 8. The van der Waals surface area contributed by atoms with E-state index in [9.17, 15) is 0 Å². The summed E-state index contributed by atoms with van der Waals surface area (Å²) < 4.78 is 35.8. The van der Waals surface area contributed by atoms with E-state index in [1.54, 1.807) is 11.8 Å². The molecule has 4 fully saturated rings. The molecule has 3 saturated heterocycles. The summed E-state index contributed by atoms with van der Waals surface area (Å²) in [6, 6.07) is 2.07. The van der Waals surface area contributed by atoms with Gasteiger partial charge in [0.2, 0.25) is 0 Å². The van der Waals surface area contributed by atoms with Crippen LogP contribution >= 0.6 is 11.8 Å². The standard InChI is InChI=1S/C19H27NO6S/c1-17(2)21-9-12(23-17)14-19(27-5,13-8-11(26-20-13)10-6-7-10)15-16(22-14)25-18(3,4)24-15/h8,10,12,14-16H,6-7,9H2,1-5H3/t12-,14-,15+,16-,19+/m1/s1. The zero-order chi connectivity index (χ0) is 19.0. The van der Waals surface area contributed by atoms with Crippen LogP contribution in [0.4, 0.5) is 0 Å². The number of aromatic nitrogens is 1. The second-order valence-electron chi connectivity index (χ2n) is 8.73. The molecule has 7 nitrogen and oxygen atoms in total. The Morgan fingerprint density at radius 3 is 2.44 bits per heavy atom. The summed E-state index contributed by atoms with van der Waals surface area (Å²) in [5, 5.41) is 4.46. The van der Waals surface area contributed by atoms with Gasteiger partial charge in [0, 0.05) is 12.0 Å². The van der Waals surface area contributed by atoms with Crippen LogP contribution in [-0.2, 0) is 28.4 Å². The Morgan fingerprint density at radius 2 is 1.81 bits per heavy atom. The lowest BCUT2D eigenvalue weighted by atomic mass is 9.89. The highest BCUT2D eigenvalue weighted by Crippen LogP contribution is 2.57. The number of ether oxygens (including phenoxy) is 5. The van der Waals surface area contributed by atoms with E-state index in [1.165, 1.54) is 0 Å². The van der Waals surface area contributed by atoms with Crippen LogP contribution in [0.25, 0.3) is 0 Å². The Balaban J connectivity index is 1.55. The van der Waals surface area contributed by atoms with E-state index in [1.807, 2.05) is 27.7 Å². The molecular formula is C19H27NO6S. The Kier molecular flexibility index (Phi) is 4.04. The SMILES string of the molecule is CS[C@@]1(c2cc(C3CC3)on2)[C@@H]([C@H]2COC(C)(C)O2)O[C@@H]2OC(C)(C)O[C@@H]21. The van der Waals surface area contributed by atoms with Crippen LogP contribution in [0.5, 0.6) is 0 Å². The Hall–Kier alpha value is -0.640. The van der Waals surface area contributed by atoms with Crippen LogP contribution in [0.3, 0.4) is 0 Å². The maximum Gasteiger partial charge on any atom is 0.189 e. The van der Waals surface area contributed by atoms with Gasteiger partial charge in [0.15, 0.2) is 17.9 Å². The molecule has 0 amide bonds. The van der Waals surface area contributed by atoms with E-state index >= 15 is 0 Å². The maximum absolute atomic E-state index is 6.39. The largest absolute Gasteiger partial charge is 0.361 e. The van der Waals surface area contributed by atoms with Gasteiger partial charge < -0.3 is 28.2 Å². The topological polar surface area (TPSA) is 72.2 Å². The average molecular weight is 397 g/mol. The van der Waals surface area contributed by atoms with Crippen LogP contribution in [0, 0.1) is 0 Å². The van der Waals surface area contributed by atoms with Gasteiger partial charge in [-0.25, -0.2) is 0 Å². The first-order chi connectivity index (χ1) is 12.7. The van der Waals surface area contributed by atoms with Crippen molar-refractivity contribution in [1.82, 2.24) is 5.16 Å². The predicted molar refractivity (Wildman–Crippen MR) is 97.3 cm³/mol. The van der Waals surface area contributed by atoms with E-state index in [2.05, 4.69) is 17.5 Å². The third-order valence-corrected chi connectivity index (χ3v) is 7.15. The first kappa shape index (κ1) is 18.4. The van der Waals surface area contributed by atoms with Crippen molar-refractivity contribution in [2.24, 2.45) is 0 Å². The monoisotopic (exact) mass is 397 g/mol. The van der Waals surface area contributed by atoms with Gasteiger partial charge in [0.25, 0.3) is 0 Å². The molecule has 0 radical (unpaired) electrons. The lowest BCUT2D eigenvalue weighted by Gasteiger charge is -2.37. The second-order valence-corrected chi connectivity index (χ2v) is 9.82. The van der Waals surface area contributed by atoms with Crippen LogP contribution in [0.15, 0.2) is 10.6 Å². The molecule has 0 N–H and O–H groups in total. The van der Waals surface area contributed by atoms with Gasteiger partial charge in [-0.3, -0.25) is 0 Å². The van der Waals surface area contributed by atoms with Crippen molar-refractivity contribution in [2.45, 2.75) is 87.4 Å². The molecule has 1 aromatic rings. The average Bonchev–Trinajstić information content (AvgIpc) is 2.94. The summed E-state index contributed by atoms with van der Waals surface area (Å²) in [7, 11) is 0. The van der Waals surface area contributed by atoms with Crippen molar-refractivity contribution >= 4 is 11.8 Å². The lowest BCUT2D eigenvalue weighted by Crippen LogP contribution is -2.49. The number of hydrogen-bond donors (Lipinski definition) is 0. The molecule has 3 aliphatic heterocycles. The third kappa shape index (κ3) is 2.88. The zero-order valence-electron chi connectivity index (χ0n) is 16.4. The Bertz CT molecular complexity index is 732. The minimum atomic E-state index is -0.712. The highest BCUT2D eigenvalue weighted by Gasteiger charge is 2.68. The molecule has 5 rings (SSSR count). The van der Waals surface area contributed by atoms with Gasteiger partial charge in [-0.05, 0) is 46.8 Å². The van der Waals surface area contributed by atoms with Crippen molar-refractivity contribution < 1.29 is 28.2 Å². The molecule has 150 valence electrons. The van der Waals surface area contributed by atoms with Crippen molar-refractivity contribution in [3.63, 3.8) is 0 Å². The Morgan fingerprint density at radius 1 is 1.04 bits per heavy atom. The van der Waals surface area contributed by atoms with Crippen LogP contribution in [-0.4, -0.2) is 54.2 Å². The fraction of sp³-hybridized carbons (Fsp3) is 0.842. The fourth-order valence-corrected chi connectivity index (χ4v) is 5.55. The normalized spacial score (nSPS) is 42.6. The molecule has 0 spiro atoms. The summed E-state index contributed by atoms with van der Waals surface area (Å²) in [5.74, 6) is 0.0860. The molecule has 4 aliphatic rings. The molecule has 0 bridgehead atoms. The van der Waals surface area contributed by atoms with Gasteiger partial charge in [-0.2, -0.15) is 0 Å². The smallest absolute Gasteiger partial charge is 0.189 e. The second kappa shape index (κ2) is 5.93. The minimum absolute atomic E-state index is 0.241. The molecule has 0 unspecified atom stereocenters. The maximum atomic E-state index is 6.39. The molecule has 0 aromatic carbocycles. The number of rotatable bonds is 4. The molecule has 5 atom stereocenters. The van der Waals surface area contributed by atoms with Gasteiger partial charge in [0.1, 0.15) is 34.5 Å². The number of fused-ring (bicyclic) bond motifs is 1. The molecule has 1 aromatic heterocycles. The summed E-state index contributed by atoms with van der Waals surface area (Å²) in [4.78, 5) is 0. The van der Waals surface area contributed by atoms with E-state index < -0.39 is 22.6 Å². The molecule has 27 heavy (non-hydrogen) atoms. The van der Waals surface area contributed by atoms with Crippen molar-refractivity contribution in [3.05, 3.63) is 17.5 Å². The number of thioether (sulfide) groups is 1. The molecule has 1 aliphatic carbocycles. The van der Waals surface area contributed by atoms with Crippen LogP contribution in [0.2, 0.25) is 0 Å². The van der Waals surface area contributed by atoms with Crippen molar-refractivity contribution in [3.8, 4) is 0 Å². The first-order valence-corrected chi connectivity index (χ1v) is 10.8. The molecular weight excluding hydrogens is 370 g/mol. The van der Waals surface area contributed by atoms with Crippen LogP contribution < -0.4 is 0 Å². The molecule has 8 heteroatoms. The molecule has 1 saturated carbocycles. The lowest BCUT2D eigenvalue weighted by molar-refractivity contribution is -0.225. The highest BCUT2D eigenvalue weighted by atomic mass is 32.2. The summed E-state index contributed by atoms with van der Waals surface area (Å²) in [6.07, 6.45) is 3.02. The van der Waals surface area contributed by atoms with Crippen molar-refractivity contribution in [2.75, 3.05) is 12.9 Å². The summed E-state index contributed by atoms with van der Waals surface area (Å²) in [5.41, 5.74) is 0.837. The third-order valence-electron chi connectivity index (χ3n) is 5.80. The van der Waals surface area contributed by atoms with E-state index in [0.717, 1.165) is 24.3 Å². The van der Waals surface area contributed by atoms with E-state index in [-0.39, 0.29) is 18.3 Å². The van der Waals surface area contributed by atoms with Gasteiger partial charge in [0.05, 0.1) is 6.61 Å². The summed E-state index contributed by atoms with van der Waals surface area (Å²) >= 11 is 1.66. The summed E-state index contributed by atoms with van der Waals surface area (Å²) in [6.45, 7) is 8.11. The fourth-order valence-electron chi connectivity index (χ4n) is 4.42. The van der Waals surface area contributed by atoms with Gasteiger partial charge >= 0.3 is 0 Å². The Labute approximate surface area is 163 Å². The minimum Gasteiger partial charge on any atom is -0.361 e. The van der Waals surface area contributed by atoms with Crippen molar-refractivity contribution in [1.29, 1.82) is 0 Å². The zero-order valence-corrected chi connectivity index (χ0v) is 17.2. The highest BCUT2D eigenvalue weighted by molar-refractivity contribution is 7.99. The first-order valence-electron chi connectivity index (χ1n) is 9.59. The van der Waals surface area contributed by atoms with Crippen LogP contribution in [0.1, 0.15) is 57.9 Å². The quantitative estimate of drug-likeness (QED) is 0.767. The predicted octanol–water partition coefficient (Wildman–Crippen LogP) is 3.14. The number of nitrogens with zero attached hydrogens (tertiary/aromatic N) is 1. The van der Waals surface area contributed by atoms with E-state index in [4.69, 9.17) is 28.2 Å². The molecule has 4 heterocycles. The van der Waals surface area contributed by atoms with Gasteiger partial charge in [-0.1, -0.05) is 5.16 Å².